The predicted molar refractivity (Wildman–Crippen MR) is 82.1 cm³/mol. The number of nitrogens with zero attached hydrogens (tertiary/aromatic N) is 3. The van der Waals surface area contributed by atoms with Gasteiger partial charge in [0.15, 0.2) is 0 Å². The number of rotatable bonds is 5. The summed E-state index contributed by atoms with van der Waals surface area (Å²) in [5.41, 5.74) is 2.02. The van der Waals surface area contributed by atoms with Gasteiger partial charge < -0.3 is 9.26 Å². The first-order valence-corrected chi connectivity index (χ1v) is 7.58. The Hall–Kier alpha value is -3.17. The molecule has 2 heterocycles. The van der Waals surface area contributed by atoms with Crippen molar-refractivity contribution in [3.63, 3.8) is 0 Å². The van der Waals surface area contributed by atoms with E-state index in [1.54, 1.807) is 31.2 Å². The van der Waals surface area contributed by atoms with Gasteiger partial charge in [-0.2, -0.15) is 23.3 Å². The molecule has 2 aromatic heterocycles. The average molecular weight is 366 g/mol. The SMILES string of the molecule is CCOC(=O)c1c[nH]nc1Cc1ccc(-c2noc(C(F)(F)F)n2)cc1. The monoisotopic (exact) mass is 366 g/mol. The molecule has 1 N–H and O–H groups in total. The number of esters is 1. The fourth-order valence-electron chi connectivity index (χ4n) is 2.26. The molecule has 0 unspecified atom stereocenters. The van der Waals surface area contributed by atoms with Gasteiger partial charge in [0.05, 0.1) is 12.3 Å². The Morgan fingerprint density at radius 2 is 2.00 bits per heavy atom. The van der Waals surface area contributed by atoms with Crippen molar-refractivity contribution in [1.82, 2.24) is 20.3 Å². The van der Waals surface area contributed by atoms with Gasteiger partial charge in [-0.05, 0) is 12.5 Å². The van der Waals surface area contributed by atoms with E-state index >= 15 is 0 Å². The van der Waals surface area contributed by atoms with Crippen LogP contribution in [0.15, 0.2) is 35.0 Å². The molecule has 26 heavy (non-hydrogen) atoms. The van der Waals surface area contributed by atoms with E-state index in [0.717, 1.165) is 5.56 Å². The molecule has 0 atom stereocenters. The van der Waals surface area contributed by atoms with Gasteiger partial charge in [0, 0.05) is 18.2 Å². The minimum Gasteiger partial charge on any atom is -0.462 e. The highest BCUT2D eigenvalue weighted by atomic mass is 19.4. The van der Waals surface area contributed by atoms with Crippen molar-refractivity contribution in [1.29, 1.82) is 0 Å². The number of ether oxygens (including phenoxy) is 1. The van der Waals surface area contributed by atoms with Crippen LogP contribution in [0.25, 0.3) is 11.4 Å². The summed E-state index contributed by atoms with van der Waals surface area (Å²) in [4.78, 5) is 15.2. The Morgan fingerprint density at radius 1 is 1.27 bits per heavy atom. The van der Waals surface area contributed by atoms with Crippen molar-refractivity contribution < 1.29 is 27.2 Å². The van der Waals surface area contributed by atoms with Crippen molar-refractivity contribution in [3.05, 3.63) is 53.2 Å². The van der Waals surface area contributed by atoms with Crippen LogP contribution in [-0.4, -0.2) is 32.9 Å². The van der Waals surface area contributed by atoms with E-state index in [2.05, 4.69) is 24.9 Å². The number of hydrogen-bond acceptors (Lipinski definition) is 6. The molecular weight excluding hydrogens is 353 g/mol. The van der Waals surface area contributed by atoms with E-state index < -0.39 is 18.0 Å². The maximum Gasteiger partial charge on any atom is 0.471 e. The van der Waals surface area contributed by atoms with Gasteiger partial charge in [-0.3, -0.25) is 5.10 Å². The van der Waals surface area contributed by atoms with Crippen LogP contribution in [0.4, 0.5) is 13.2 Å². The molecule has 1 aromatic carbocycles. The van der Waals surface area contributed by atoms with Crippen LogP contribution in [0.5, 0.6) is 0 Å². The van der Waals surface area contributed by atoms with Gasteiger partial charge in [-0.15, -0.1) is 0 Å². The molecule has 3 aromatic rings. The van der Waals surface area contributed by atoms with Crippen LogP contribution in [0.3, 0.4) is 0 Å². The molecule has 3 rings (SSSR count). The average Bonchev–Trinajstić information content (AvgIpc) is 3.24. The summed E-state index contributed by atoms with van der Waals surface area (Å²) in [6.07, 6.45) is -2.88. The minimum absolute atomic E-state index is 0.157. The second kappa shape index (κ2) is 6.98. The van der Waals surface area contributed by atoms with E-state index in [4.69, 9.17) is 4.74 Å². The zero-order valence-corrected chi connectivity index (χ0v) is 13.5. The normalized spacial score (nSPS) is 11.5. The van der Waals surface area contributed by atoms with Crippen molar-refractivity contribution in [2.75, 3.05) is 6.61 Å². The third-order valence-corrected chi connectivity index (χ3v) is 3.47. The Kier molecular flexibility index (Phi) is 4.74. The first-order valence-electron chi connectivity index (χ1n) is 7.58. The largest absolute Gasteiger partial charge is 0.471 e. The molecule has 0 aliphatic heterocycles. The quantitative estimate of drug-likeness (QED) is 0.697. The van der Waals surface area contributed by atoms with Crippen LogP contribution in [-0.2, 0) is 17.3 Å². The molecule has 0 aliphatic carbocycles. The number of alkyl halides is 3. The lowest BCUT2D eigenvalue weighted by Crippen LogP contribution is -2.07. The summed E-state index contributed by atoms with van der Waals surface area (Å²) >= 11 is 0. The number of aromatic nitrogens is 4. The number of aromatic amines is 1. The Labute approximate surface area is 145 Å². The molecule has 0 saturated heterocycles. The van der Waals surface area contributed by atoms with Gasteiger partial charge in [0.2, 0.25) is 5.82 Å². The zero-order chi connectivity index (χ0) is 18.7. The van der Waals surface area contributed by atoms with E-state index in [1.165, 1.54) is 6.20 Å². The van der Waals surface area contributed by atoms with Crippen molar-refractivity contribution in [3.8, 4) is 11.4 Å². The summed E-state index contributed by atoms with van der Waals surface area (Å²) in [5, 5.41) is 9.99. The fraction of sp³-hybridized carbons (Fsp3) is 0.250. The van der Waals surface area contributed by atoms with Gasteiger partial charge in [0.25, 0.3) is 0 Å². The van der Waals surface area contributed by atoms with Gasteiger partial charge >= 0.3 is 18.0 Å². The molecule has 0 aliphatic rings. The van der Waals surface area contributed by atoms with E-state index in [1.807, 2.05) is 0 Å². The highest BCUT2D eigenvalue weighted by Gasteiger charge is 2.38. The fourth-order valence-corrected chi connectivity index (χ4v) is 2.26. The molecule has 136 valence electrons. The highest BCUT2D eigenvalue weighted by Crippen LogP contribution is 2.29. The first-order chi connectivity index (χ1) is 12.4. The standard InChI is InChI=1S/C16H13F3N4O3/c1-2-25-14(24)11-8-20-22-12(11)7-9-3-5-10(6-4-9)13-21-15(26-23-13)16(17,18)19/h3-6,8H,2,7H2,1H3,(H,20,22). The number of hydrogen-bond donors (Lipinski definition) is 1. The minimum atomic E-state index is -4.69. The number of nitrogens with one attached hydrogen (secondary N) is 1. The molecule has 0 fully saturated rings. The summed E-state index contributed by atoms with van der Waals surface area (Å²) in [7, 11) is 0. The molecule has 0 amide bonds. The number of carbonyl (C=O) groups is 1. The van der Waals surface area contributed by atoms with Crippen LogP contribution in [0.2, 0.25) is 0 Å². The van der Waals surface area contributed by atoms with Crippen LogP contribution in [0, 0.1) is 0 Å². The van der Waals surface area contributed by atoms with Crippen LogP contribution >= 0.6 is 0 Å². The first kappa shape index (κ1) is 17.6. The van der Waals surface area contributed by atoms with Crippen LogP contribution < -0.4 is 0 Å². The Morgan fingerprint density at radius 3 is 2.62 bits per heavy atom. The highest BCUT2D eigenvalue weighted by molar-refractivity contribution is 5.90. The molecule has 0 saturated carbocycles. The van der Waals surface area contributed by atoms with Gasteiger partial charge in [0.1, 0.15) is 5.56 Å². The van der Waals surface area contributed by atoms with E-state index in [9.17, 15) is 18.0 Å². The van der Waals surface area contributed by atoms with Crippen molar-refractivity contribution in [2.45, 2.75) is 19.5 Å². The molecule has 10 heteroatoms. The van der Waals surface area contributed by atoms with Crippen molar-refractivity contribution >= 4 is 5.97 Å². The zero-order valence-electron chi connectivity index (χ0n) is 13.5. The Balaban J connectivity index is 1.76. The maximum absolute atomic E-state index is 12.5. The van der Waals surface area contributed by atoms with Gasteiger partial charge in [-0.1, -0.05) is 29.4 Å². The lowest BCUT2D eigenvalue weighted by Gasteiger charge is -2.03. The molecular formula is C16H13F3N4O3. The molecule has 7 nitrogen and oxygen atoms in total. The van der Waals surface area contributed by atoms with Gasteiger partial charge in [-0.25, -0.2) is 4.79 Å². The molecule has 0 radical (unpaired) electrons. The summed E-state index contributed by atoms with van der Waals surface area (Å²) < 4.78 is 46.7. The summed E-state index contributed by atoms with van der Waals surface area (Å²) in [6.45, 7) is 1.96. The second-order valence-electron chi connectivity index (χ2n) is 5.26. The lowest BCUT2D eigenvalue weighted by molar-refractivity contribution is -0.159. The summed E-state index contributed by atoms with van der Waals surface area (Å²) in [6, 6.07) is 6.50. The number of benzene rings is 1. The van der Waals surface area contributed by atoms with Crippen molar-refractivity contribution in [2.24, 2.45) is 0 Å². The Bertz CT molecular complexity index is 900. The second-order valence-corrected chi connectivity index (χ2v) is 5.26. The predicted octanol–water partition coefficient (Wildman–Crippen LogP) is 3.25. The summed E-state index contributed by atoms with van der Waals surface area (Å²) in [5.74, 6) is -2.03. The third kappa shape index (κ3) is 3.73. The smallest absolute Gasteiger partial charge is 0.462 e. The lowest BCUT2D eigenvalue weighted by atomic mass is 10.0. The van der Waals surface area contributed by atoms with E-state index in [-0.39, 0.29) is 12.4 Å². The van der Waals surface area contributed by atoms with Crippen LogP contribution in [0.1, 0.15) is 34.4 Å². The third-order valence-electron chi connectivity index (χ3n) is 3.47. The van der Waals surface area contributed by atoms with E-state index in [0.29, 0.717) is 23.2 Å². The maximum atomic E-state index is 12.5. The topological polar surface area (TPSA) is 93.9 Å². The number of carbonyl (C=O) groups excluding carboxylic acids is 1. The molecule has 0 spiro atoms. The molecule has 0 bridgehead atoms. The number of halogens is 3. The number of H-pyrrole nitrogens is 1.